The van der Waals surface area contributed by atoms with E-state index in [0.29, 0.717) is 24.4 Å². The van der Waals surface area contributed by atoms with E-state index < -0.39 is 6.04 Å². The average Bonchev–Trinajstić information content (AvgIpc) is 2.75. The van der Waals surface area contributed by atoms with Gasteiger partial charge in [-0.1, -0.05) is 66.2 Å². The summed E-state index contributed by atoms with van der Waals surface area (Å²) in [5.74, 6) is -0.214. The van der Waals surface area contributed by atoms with E-state index in [2.05, 4.69) is 29.6 Å². The SMILES string of the molecule is C[C@@H](C(=O)NC(C)(C)C)N(Cc1ccc(Cl)cc1)C(=O)CCc1cccc2ccccc12. The maximum absolute atomic E-state index is 13.4. The number of nitrogens with zero attached hydrogens (tertiary/aromatic N) is 1. The molecule has 168 valence electrons. The predicted octanol–water partition coefficient (Wildman–Crippen LogP) is 5.76. The standard InChI is InChI=1S/C27H31ClN2O2/c1-19(26(32)29-27(2,3)4)30(18-20-12-15-23(28)16-13-20)25(31)17-14-22-10-7-9-21-8-5-6-11-24(21)22/h5-13,15-16,19H,14,17-18H2,1-4H3,(H,29,32)/t19-/m0/s1. The minimum atomic E-state index is -0.593. The molecule has 0 heterocycles. The van der Waals surface area contributed by atoms with Crippen molar-refractivity contribution in [3.63, 3.8) is 0 Å². The first-order valence-corrected chi connectivity index (χ1v) is 11.3. The van der Waals surface area contributed by atoms with Gasteiger partial charge in [-0.2, -0.15) is 0 Å². The van der Waals surface area contributed by atoms with Crippen molar-refractivity contribution in [3.05, 3.63) is 82.9 Å². The lowest BCUT2D eigenvalue weighted by Gasteiger charge is -2.31. The lowest BCUT2D eigenvalue weighted by molar-refractivity contribution is -0.141. The van der Waals surface area contributed by atoms with Crippen LogP contribution >= 0.6 is 11.6 Å². The Morgan fingerprint density at radius 3 is 2.31 bits per heavy atom. The van der Waals surface area contributed by atoms with Crippen LogP contribution in [-0.4, -0.2) is 28.3 Å². The second-order valence-corrected chi connectivity index (χ2v) is 9.64. The number of halogens is 1. The first kappa shape index (κ1) is 23.8. The van der Waals surface area contributed by atoms with E-state index in [9.17, 15) is 9.59 Å². The first-order chi connectivity index (χ1) is 15.1. The highest BCUT2D eigenvalue weighted by Gasteiger charge is 2.28. The molecule has 3 aromatic carbocycles. The van der Waals surface area contributed by atoms with Crippen molar-refractivity contribution in [3.8, 4) is 0 Å². The predicted molar refractivity (Wildman–Crippen MR) is 132 cm³/mol. The van der Waals surface area contributed by atoms with Gasteiger partial charge < -0.3 is 10.2 Å². The van der Waals surface area contributed by atoms with E-state index in [1.54, 1.807) is 24.0 Å². The van der Waals surface area contributed by atoms with Gasteiger partial charge in [0.1, 0.15) is 6.04 Å². The van der Waals surface area contributed by atoms with E-state index in [0.717, 1.165) is 21.9 Å². The summed E-state index contributed by atoms with van der Waals surface area (Å²) in [6.45, 7) is 7.94. The zero-order valence-electron chi connectivity index (χ0n) is 19.2. The van der Waals surface area contributed by atoms with Gasteiger partial charge in [-0.3, -0.25) is 9.59 Å². The highest BCUT2D eigenvalue weighted by atomic mass is 35.5. The number of hydrogen-bond donors (Lipinski definition) is 1. The fourth-order valence-electron chi connectivity index (χ4n) is 3.74. The van der Waals surface area contributed by atoms with E-state index in [4.69, 9.17) is 11.6 Å². The van der Waals surface area contributed by atoms with Crippen LogP contribution in [0.2, 0.25) is 5.02 Å². The number of amides is 2. The maximum atomic E-state index is 13.4. The van der Waals surface area contributed by atoms with Crippen molar-refractivity contribution in [1.29, 1.82) is 0 Å². The second kappa shape index (κ2) is 10.2. The molecular weight excluding hydrogens is 420 g/mol. The van der Waals surface area contributed by atoms with Crippen LogP contribution in [-0.2, 0) is 22.6 Å². The van der Waals surface area contributed by atoms with Crippen LogP contribution in [0.15, 0.2) is 66.7 Å². The number of carbonyl (C=O) groups is 2. The van der Waals surface area contributed by atoms with Gasteiger partial charge in [-0.05, 0) is 68.1 Å². The molecule has 1 N–H and O–H groups in total. The fourth-order valence-corrected chi connectivity index (χ4v) is 3.86. The third-order valence-corrected chi connectivity index (χ3v) is 5.67. The molecule has 3 aromatic rings. The van der Waals surface area contributed by atoms with E-state index in [1.807, 2.05) is 51.1 Å². The van der Waals surface area contributed by atoms with Gasteiger partial charge in [0, 0.05) is 23.5 Å². The lowest BCUT2D eigenvalue weighted by atomic mass is 10.0. The molecular formula is C27H31ClN2O2. The summed E-state index contributed by atoms with van der Waals surface area (Å²) in [5, 5.41) is 5.95. The van der Waals surface area contributed by atoms with Crippen LogP contribution in [0.25, 0.3) is 10.8 Å². The number of carbonyl (C=O) groups excluding carboxylic acids is 2. The molecule has 0 fully saturated rings. The quantitative estimate of drug-likeness (QED) is 0.497. The summed E-state index contributed by atoms with van der Waals surface area (Å²) >= 11 is 6.02. The largest absolute Gasteiger partial charge is 0.350 e. The highest BCUT2D eigenvalue weighted by molar-refractivity contribution is 6.30. The average molecular weight is 451 g/mol. The Labute approximate surface area is 195 Å². The Kier molecular flexibility index (Phi) is 7.57. The molecule has 3 rings (SSSR count). The summed E-state index contributed by atoms with van der Waals surface area (Å²) in [5.41, 5.74) is 1.70. The Hall–Kier alpha value is -2.85. The lowest BCUT2D eigenvalue weighted by Crippen LogP contribution is -2.52. The van der Waals surface area contributed by atoms with Gasteiger partial charge in [0.15, 0.2) is 0 Å². The van der Waals surface area contributed by atoms with Crippen LogP contribution in [0.3, 0.4) is 0 Å². The number of benzene rings is 3. The van der Waals surface area contributed by atoms with Crippen molar-refractivity contribution >= 4 is 34.2 Å². The van der Waals surface area contributed by atoms with Gasteiger partial charge in [0.05, 0.1) is 0 Å². The molecule has 0 saturated heterocycles. The molecule has 0 aliphatic rings. The summed E-state index contributed by atoms with van der Waals surface area (Å²) in [6.07, 6.45) is 0.944. The van der Waals surface area contributed by atoms with Crippen molar-refractivity contribution < 1.29 is 9.59 Å². The molecule has 0 unspecified atom stereocenters. The molecule has 2 amide bonds. The molecule has 0 aromatic heterocycles. The van der Waals surface area contributed by atoms with Crippen molar-refractivity contribution in [2.45, 2.75) is 58.7 Å². The smallest absolute Gasteiger partial charge is 0.242 e. The number of hydrogen-bond acceptors (Lipinski definition) is 2. The number of fused-ring (bicyclic) bond motifs is 1. The zero-order chi connectivity index (χ0) is 23.3. The monoisotopic (exact) mass is 450 g/mol. The molecule has 1 atom stereocenters. The van der Waals surface area contributed by atoms with Crippen molar-refractivity contribution in [2.24, 2.45) is 0 Å². The molecule has 0 aliphatic heterocycles. The van der Waals surface area contributed by atoms with Crippen LogP contribution < -0.4 is 5.32 Å². The summed E-state index contributed by atoms with van der Waals surface area (Å²) in [7, 11) is 0. The highest BCUT2D eigenvalue weighted by Crippen LogP contribution is 2.21. The van der Waals surface area contributed by atoms with Gasteiger partial charge in [0.2, 0.25) is 11.8 Å². The summed E-state index contributed by atoms with van der Waals surface area (Å²) < 4.78 is 0. The molecule has 0 spiro atoms. The Balaban J connectivity index is 1.80. The van der Waals surface area contributed by atoms with Crippen molar-refractivity contribution in [2.75, 3.05) is 0 Å². The minimum absolute atomic E-state index is 0.0514. The first-order valence-electron chi connectivity index (χ1n) is 11.0. The molecule has 0 bridgehead atoms. The van der Waals surface area contributed by atoms with Crippen LogP contribution in [0.4, 0.5) is 0 Å². The maximum Gasteiger partial charge on any atom is 0.242 e. The van der Waals surface area contributed by atoms with E-state index in [-0.39, 0.29) is 17.4 Å². The van der Waals surface area contributed by atoms with Crippen LogP contribution in [0.1, 0.15) is 45.2 Å². The van der Waals surface area contributed by atoms with Gasteiger partial charge >= 0.3 is 0 Å². The van der Waals surface area contributed by atoms with Crippen molar-refractivity contribution in [1.82, 2.24) is 10.2 Å². The molecule has 4 nitrogen and oxygen atoms in total. The number of nitrogens with one attached hydrogen (secondary N) is 1. The number of aryl methyl sites for hydroxylation is 1. The Bertz CT molecular complexity index is 1080. The third-order valence-electron chi connectivity index (χ3n) is 5.42. The molecule has 0 saturated carbocycles. The van der Waals surface area contributed by atoms with Gasteiger partial charge in [-0.15, -0.1) is 0 Å². The molecule has 5 heteroatoms. The molecule has 32 heavy (non-hydrogen) atoms. The van der Waals surface area contributed by atoms with E-state index >= 15 is 0 Å². The number of rotatable bonds is 7. The van der Waals surface area contributed by atoms with Crippen LogP contribution in [0.5, 0.6) is 0 Å². The molecule has 0 aliphatic carbocycles. The topological polar surface area (TPSA) is 49.4 Å². The summed E-state index contributed by atoms with van der Waals surface area (Å²) in [4.78, 5) is 27.9. The normalized spacial score (nSPS) is 12.4. The molecule has 0 radical (unpaired) electrons. The zero-order valence-corrected chi connectivity index (χ0v) is 19.9. The second-order valence-electron chi connectivity index (χ2n) is 9.20. The van der Waals surface area contributed by atoms with Crippen LogP contribution in [0, 0.1) is 0 Å². The van der Waals surface area contributed by atoms with Gasteiger partial charge in [0.25, 0.3) is 0 Å². The Morgan fingerprint density at radius 2 is 1.62 bits per heavy atom. The van der Waals surface area contributed by atoms with E-state index in [1.165, 1.54) is 0 Å². The fraction of sp³-hybridized carbons (Fsp3) is 0.333. The summed E-state index contributed by atoms with van der Waals surface area (Å²) in [6, 6.07) is 21.1. The third kappa shape index (κ3) is 6.33. The minimum Gasteiger partial charge on any atom is -0.350 e. The van der Waals surface area contributed by atoms with Gasteiger partial charge in [-0.25, -0.2) is 0 Å². The Morgan fingerprint density at radius 1 is 0.969 bits per heavy atom.